The zero-order valence-electron chi connectivity index (χ0n) is 7.57. The summed E-state index contributed by atoms with van der Waals surface area (Å²) in [6, 6.07) is 7.47. The number of rotatable bonds is 4. The van der Waals surface area contributed by atoms with Gasteiger partial charge < -0.3 is 10.5 Å². The molecular weight excluding hydrogens is 166 g/mol. The van der Waals surface area contributed by atoms with Crippen LogP contribution >= 0.6 is 0 Å². The van der Waals surface area contributed by atoms with E-state index < -0.39 is 0 Å². The number of hydrogen-bond acceptors (Lipinski definition) is 3. The predicted molar refractivity (Wildman–Crippen MR) is 50.5 cm³/mol. The molecular formula is C10H13NO2. The Morgan fingerprint density at radius 3 is 2.54 bits per heavy atom. The minimum absolute atomic E-state index is 0.151. The molecule has 0 saturated carbocycles. The van der Waals surface area contributed by atoms with Crippen LogP contribution in [0.3, 0.4) is 0 Å². The van der Waals surface area contributed by atoms with Gasteiger partial charge >= 0.3 is 0 Å². The number of hydrogen-bond donors (Lipinski definition) is 1. The third-order valence-corrected chi connectivity index (χ3v) is 1.67. The third kappa shape index (κ3) is 3.25. The van der Waals surface area contributed by atoms with E-state index in [1.54, 1.807) is 12.1 Å². The van der Waals surface area contributed by atoms with Gasteiger partial charge in [0.15, 0.2) is 0 Å². The summed E-state index contributed by atoms with van der Waals surface area (Å²) in [5.74, 6) is 0.559. The average molecular weight is 179 g/mol. The van der Waals surface area contributed by atoms with Crippen molar-refractivity contribution in [2.45, 2.75) is 19.4 Å². The molecule has 0 heterocycles. The van der Waals surface area contributed by atoms with Gasteiger partial charge in [0, 0.05) is 6.04 Å². The van der Waals surface area contributed by atoms with Crippen molar-refractivity contribution in [3.05, 3.63) is 29.8 Å². The van der Waals surface area contributed by atoms with Gasteiger partial charge in [0.25, 0.3) is 6.47 Å². The molecule has 3 nitrogen and oxygen atoms in total. The first kappa shape index (κ1) is 9.74. The molecule has 0 aliphatic heterocycles. The minimum atomic E-state index is 0.151. The topological polar surface area (TPSA) is 52.3 Å². The van der Waals surface area contributed by atoms with Gasteiger partial charge in [-0.05, 0) is 31.0 Å². The highest BCUT2D eigenvalue weighted by Gasteiger charge is 1.98. The Balaban J connectivity index is 2.63. The molecule has 1 atom stereocenters. The van der Waals surface area contributed by atoms with Crippen molar-refractivity contribution < 1.29 is 9.53 Å². The summed E-state index contributed by atoms with van der Waals surface area (Å²) >= 11 is 0. The number of carbonyl (C=O) groups excluding carboxylic acids is 1. The first-order valence-corrected chi connectivity index (χ1v) is 4.17. The van der Waals surface area contributed by atoms with Gasteiger partial charge in [-0.25, -0.2) is 0 Å². The van der Waals surface area contributed by atoms with Crippen LogP contribution in [0.25, 0.3) is 0 Å². The highest BCUT2D eigenvalue weighted by atomic mass is 16.5. The summed E-state index contributed by atoms with van der Waals surface area (Å²) in [6.07, 6.45) is 0.835. The lowest BCUT2D eigenvalue weighted by Crippen LogP contribution is -2.17. The van der Waals surface area contributed by atoms with Crippen molar-refractivity contribution in [1.82, 2.24) is 0 Å². The molecule has 0 radical (unpaired) electrons. The molecule has 0 saturated heterocycles. The summed E-state index contributed by atoms with van der Waals surface area (Å²) in [5, 5.41) is 0. The molecule has 0 aromatic heterocycles. The fourth-order valence-corrected chi connectivity index (χ4v) is 1.13. The molecule has 3 heteroatoms. The summed E-state index contributed by atoms with van der Waals surface area (Å²) in [7, 11) is 0. The van der Waals surface area contributed by atoms with E-state index in [2.05, 4.69) is 4.74 Å². The van der Waals surface area contributed by atoms with Gasteiger partial charge in [-0.2, -0.15) is 0 Å². The summed E-state index contributed by atoms with van der Waals surface area (Å²) in [4.78, 5) is 9.99. The second kappa shape index (κ2) is 4.62. The molecule has 1 rings (SSSR count). The van der Waals surface area contributed by atoms with Crippen LogP contribution in [0.5, 0.6) is 5.75 Å². The molecule has 70 valence electrons. The first-order chi connectivity index (χ1) is 6.22. The van der Waals surface area contributed by atoms with E-state index in [9.17, 15) is 4.79 Å². The molecule has 0 aliphatic rings. The van der Waals surface area contributed by atoms with Gasteiger partial charge in [-0.3, -0.25) is 4.79 Å². The Morgan fingerprint density at radius 1 is 1.46 bits per heavy atom. The SMILES string of the molecule is C[C@H](N)Cc1ccc(OC=O)cc1. The average Bonchev–Trinajstić information content (AvgIpc) is 2.08. The van der Waals surface area contributed by atoms with Gasteiger partial charge in [0.2, 0.25) is 0 Å². The van der Waals surface area contributed by atoms with Crippen LogP contribution in [-0.4, -0.2) is 12.5 Å². The molecule has 0 amide bonds. The minimum Gasteiger partial charge on any atom is -0.429 e. The van der Waals surface area contributed by atoms with Crippen LogP contribution in [0.1, 0.15) is 12.5 Å². The Kier molecular flexibility index (Phi) is 3.46. The van der Waals surface area contributed by atoms with E-state index in [1.165, 1.54) is 0 Å². The lowest BCUT2D eigenvalue weighted by Gasteiger charge is -2.05. The molecule has 0 bridgehead atoms. The van der Waals surface area contributed by atoms with E-state index in [1.807, 2.05) is 19.1 Å². The Labute approximate surface area is 77.5 Å². The smallest absolute Gasteiger partial charge is 0.298 e. The van der Waals surface area contributed by atoms with Gasteiger partial charge in [-0.1, -0.05) is 12.1 Å². The highest BCUT2D eigenvalue weighted by molar-refractivity contribution is 5.45. The van der Waals surface area contributed by atoms with E-state index >= 15 is 0 Å². The van der Waals surface area contributed by atoms with Crippen molar-refractivity contribution in [1.29, 1.82) is 0 Å². The summed E-state index contributed by atoms with van der Waals surface area (Å²) in [5.41, 5.74) is 6.78. The Morgan fingerprint density at radius 2 is 2.08 bits per heavy atom. The van der Waals surface area contributed by atoms with Crippen molar-refractivity contribution in [2.24, 2.45) is 5.73 Å². The highest BCUT2D eigenvalue weighted by Crippen LogP contribution is 2.12. The largest absolute Gasteiger partial charge is 0.429 e. The first-order valence-electron chi connectivity index (χ1n) is 4.17. The number of carbonyl (C=O) groups is 1. The zero-order valence-corrected chi connectivity index (χ0v) is 7.57. The molecule has 0 aliphatic carbocycles. The monoisotopic (exact) mass is 179 g/mol. The summed E-state index contributed by atoms with van der Waals surface area (Å²) in [6.45, 7) is 2.37. The van der Waals surface area contributed by atoms with E-state index in [4.69, 9.17) is 5.73 Å². The lowest BCUT2D eigenvalue weighted by atomic mass is 10.1. The van der Waals surface area contributed by atoms with Gasteiger partial charge in [0.05, 0.1) is 0 Å². The Bertz CT molecular complexity index is 267. The predicted octanol–water partition coefficient (Wildman–Crippen LogP) is 1.11. The normalized spacial score (nSPS) is 12.2. The number of nitrogens with two attached hydrogens (primary N) is 1. The second-order valence-corrected chi connectivity index (χ2v) is 3.04. The van der Waals surface area contributed by atoms with E-state index in [-0.39, 0.29) is 6.04 Å². The summed E-state index contributed by atoms with van der Waals surface area (Å²) < 4.78 is 4.65. The molecule has 1 aromatic carbocycles. The van der Waals surface area contributed by atoms with Gasteiger partial charge in [0.1, 0.15) is 5.75 Å². The van der Waals surface area contributed by atoms with E-state index in [0.29, 0.717) is 12.2 Å². The molecule has 0 unspecified atom stereocenters. The zero-order chi connectivity index (χ0) is 9.68. The molecule has 2 N–H and O–H groups in total. The maximum Gasteiger partial charge on any atom is 0.298 e. The van der Waals surface area contributed by atoms with Crippen molar-refractivity contribution >= 4 is 6.47 Å². The van der Waals surface area contributed by atoms with Crippen LogP contribution in [0.2, 0.25) is 0 Å². The lowest BCUT2D eigenvalue weighted by molar-refractivity contribution is -0.120. The van der Waals surface area contributed by atoms with Crippen LogP contribution in [0.4, 0.5) is 0 Å². The third-order valence-electron chi connectivity index (χ3n) is 1.67. The van der Waals surface area contributed by atoms with Crippen LogP contribution in [0.15, 0.2) is 24.3 Å². The van der Waals surface area contributed by atoms with E-state index in [0.717, 1.165) is 12.0 Å². The van der Waals surface area contributed by atoms with Crippen molar-refractivity contribution in [2.75, 3.05) is 0 Å². The molecule has 13 heavy (non-hydrogen) atoms. The van der Waals surface area contributed by atoms with Crippen LogP contribution in [-0.2, 0) is 11.2 Å². The molecule has 0 fully saturated rings. The quantitative estimate of drug-likeness (QED) is 0.704. The standard InChI is InChI=1S/C10H13NO2/c1-8(11)6-9-2-4-10(5-3-9)13-7-12/h2-5,7-8H,6,11H2,1H3/t8-/m0/s1. The fraction of sp³-hybridized carbons (Fsp3) is 0.300. The van der Waals surface area contributed by atoms with Gasteiger partial charge in [-0.15, -0.1) is 0 Å². The van der Waals surface area contributed by atoms with Crippen molar-refractivity contribution in [3.63, 3.8) is 0 Å². The molecule has 0 spiro atoms. The van der Waals surface area contributed by atoms with Crippen LogP contribution < -0.4 is 10.5 Å². The number of ether oxygens (including phenoxy) is 1. The Hall–Kier alpha value is -1.35. The van der Waals surface area contributed by atoms with Crippen LogP contribution in [0, 0.1) is 0 Å². The maximum atomic E-state index is 9.99. The fourth-order valence-electron chi connectivity index (χ4n) is 1.13. The second-order valence-electron chi connectivity index (χ2n) is 3.04. The molecule has 1 aromatic rings. The maximum absolute atomic E-state index is 9.99. The number of benzene rings is 1. The van der Waals surface area contributed by atoms with Crippen molar-refractivity contribution in [3.8, 4) is 5.75 Å².